The van der Waals surface area contributed by atoms with Gasteiger partial charge in [-0.1, -0.05) is 28.1 Å². The highest BCUT2D eigenvalue weighted by Gasteiger charge is 2.35. The Morgan fingerprint density at radius 1 is 1.12 bits per heavy atom. The van der Waals surface area contributed by atoms with E-state index >= 15 is 0 Å². The van der Waals surface area contributed by atoms with E-state index in [-0.39, 0.29) is 24.2 Å². The number of benzene rings is 2. The zero-order valence-electron chi connectivity index (χ0n) is 14.6. The van der Waals surface area contributed by atoms with E-state index in [4.69, 9.17) is 0 Å². The fraction of sp³-hybridized carbons (Fsp3) is 0.300. The molecule has 1 heterocycles. The lowest BCUT2D eigenvalue weighted by atomic mass is 10.1. The molecule has 4 nitrogen and oxygen atoms in total. The van der Waals surface area contributed by atoms with Gasteiger partial charge >= 0.3 is 0 Å². The molecule has 1 N–H and O–H groups in total. The Bertz CT molecular complexity index is 848. The van der Waals surface area contributed by atoms with Crippen molar-refractivity contribution in [3.05, 3.63) is 57.6 Å². The van der Waals surface area contributed by atoms with Crippen molar-refractivity contribution >= 4 is 39.1 Å². The number of anilines is 2. The zero-order chi connectivity index (χ0) is 18.1. The Balaban J connectivity index is 1.74. The number of carbonyl (C=O) groups is 2. The van der Waals surface area contributed by atoms with Gasteiger partial charge in [-0.2, -0.15) is 0 Å². The van der Waals surface area contributed by atoms with Crippen LogP contribution in [-0.4, -0.2) is 18.4 Å². The van der Waals surface area contributed by atoms with Crippen molar-refractivity contribution in [1.29, 1.82) is 0 Å². The summed E-state index contributed by atoms with van der Waals surface area (Å²) in [4.78, 5) is 26.7. The molecule has 2 aromatic carbocycles. The van der Waals surface area contributed by atoms with E-state index < -0.39 is 0 Å². The van der Waals surface area contributed by atoms with Gasteiger partial charge in [0.1, 0.15) is 0 Å². The first kappa shape index (κ1) is 17.7. The summed E-state index contributed by atoms with van der Waals surface area (Å²) in [5.74, 6) is -0.447. The Labute approximate surface area is 156 Å². The molecule has 3 rings (SSSR count). The number of aryl methyl sites for hydroxylation is 3. The van der Waals surface area contributed by atoms with Gasteiger partial charge in [0.2, 0.25) is 11.8 Å². The average molecular weight is 401 g/mol. The number of hydrogen-bond acceptors (Lipinski definition) is 2. The SMILES string of the molecule is Cc1ccc(C)c(NC(=O)C2CC(=O)N(c3ccc(Br)c(C)c3)C2)c1. The van der Waals surface area contributed by atoms with Crippen LogP contribution in [0.15, 0.2) is 40.9 Å². The second-order valence-corrected chi connectivity index (χ2v) is 7.50. The fourth-order valence-electron chi connectivity index (χ4n) is 3.03. The number of halogens is 1. The van der Waals surface area contributed by atoms with Gasteiger partial charge in [0.15, 0.2) is 0 Å². The van der Waals surface area contributed by atoms with Crippen molar-refractivity contribution in [2.24, 2.45) is 5.92 Å². The molecule has 1 atom stereocenters. The average Bonchev–Trinajstić information content (AvgIpc) is 2.95. The molecule has 1 aliphatic heterocycles. The van der Waals surface area contributed by atoms with E-state index in [0.29, 0.717) is 6.54 Å². The van der Waals surface area contributed by atoms with E-state index in [1.807, 2.05) is 57.2 Å². The minimum atomic E-state index is -0.337. The number of hydrogen-bond donors (Lipinski definition) is 1. The molecule has 1 fully saturated rings. The van der Waals surface area contributed by atoms with Crippen LogP contribution in [0, 0.1) is 26.7 Å². The van der Waals surface area contributed by atoms with Gasteiger partial charge in [0.25, 0.3) is 0 Å². The first-order valence-electron chi connectivity index (χ1n) is 8.30. The second-order valence-electron chi connectivity index (χ2n) is 6.65. The number of nitrogens with one attached hydrogen (secondary N) is 1. The maximum atomic E-state index is 12.6. The van der Waals surface area contributed by atoms with Gasteiger partial charge in [-0.05, 0) is 61.7 Å². The van der Waals surface area contributed by atoms with Crippen molar-refractivity contribution in [2.75, 3.05) is 16.8 Å². The molecule has 2 aromatic rings. The molecular formula is C20H21BrN2O2. The summed E-state index contributed by atoms with van der Waals surface area (Å²) in [6.45, 7) is 6.35. The van der Waals surface area contributed by atoms with Crippen LogP contribution in [0.5, 0.6) is 0 Å². The lowest BCUT2D eigenvalue weighted by Crippen LogP contribution is -2.28. The zero-order valence-corrected chi connectivity index (χ0v) is 16.2. The van der Waals surface area contributed by atoms with E-state index in [1.54, 1.807) is 4.90 Å². The number of rotatable bonds is 3. The van der Waals surface area contributed by atoms with E-state index in [0.717, 1.165) is 32.5 Å². The molecule has 25 heavy (non-hydrogen) atoms. The maximum absolute atomic E-state index is 12.6. The van der Waals surface area contributed by atoms with E-state index in [2.05, 4.69) is 21.2 Å². The van der Waals surface area contributed by atoms with E-state index in [9.17, 15) is 9.59 Å². The minimum absolute atomic E-state index is 0.0113. The summed E-state index contributed by atoms with van der Waals surface area (Å²) in [5, 5.41) is 2.98. The Morgan fingerprint density at radius 3 is 2.60 bits per heavy atom. The monoisotopic (exact) mass is 400 g/mol. The number of amides is 2. The molecule has 130 valence electrons. The van der Waals surface area contributed by atoms with Crippen LogP contribution >= 0.6 is 15.9 Å². The Morgan fingerprint density at radius 2 is 1.88 bits per heavy atom. The molecule has 1 saturated heterocycles. The maximum Gasteiger partial charge on any atom is 0.229 e. The molecule has 0 radical (unpaired) electrons. The normalized spacial score (nSPS) is 17.0. The van der Waals surface area contributed by atoms with Crippen LogP contribution in [0.25, 0.3) is 0 Å². The molecule has 0 aromatic heterocycles. The molecule has 0 spiro atoms. The third-order valence-corrected chi connectivity index (χ3v) is 5.49. The highest BCUT2D eigenvalue weighted by molar-refractivity contribution is 9.10. The molecular weight excluding hydrogens is 380 g/mol. The van der Waals surface area contributed by atoms with Crippen molar-refractivity contribution in [3.63, 3.8) is 0 Å². The Kier molecular flexibility index (Phi) is 4.95. The summed E-state index contributed by atoms with van der Waals surface area (Å²) in [6.07, 6.45) is 0.242. The number of nitrogens with zero attached hydrogens (tertiary/aromatic N) is 1. The molecule has 0 aliphatic carbocycles. The second kappa shape index (κ2) is 7.00. The standard InChI is InChI=1S/C20H21BrN2O2/c1-12-4-5-13(2)18(8-12)22-20(25)15-10-19(24)23(11-15)16-6-7-17(21)14(3)9-16/h4-9,15H,10-11H2,1-3H3,(H,22,25). The first-order valence-corrected chi connectivity index (χ1v) is 9.09. The largest absolute Gasteiger partial charge is 0.326 e. The summed E-state index contributed by atoms with van der Waals surface area (Å²) in [6, 6.07) is 11.8. The van der Waals surface area contributed by atoms with Crippen molar-refractivity contribution < 1.29 is 9.59 Å². The van der Waals surface area contributed by atoms with Crippen LogP contribution in [0.2, 0.25) is 0 Å². The van der Waals surface area contributed by atoms with Crippen LogP contribution in [0.3, 0.4) is 0 Å². The first-order chi connectivity index (χ1) is 11.8. The Hall–Kier alpha value is -2.14. The van der Waals surface area contributed by atoms with Crippen molar-refractivity contribution in [3.8, 4) is 0 Å². The lowest BCUT2D eigenvalue weighted by molar-refractivity contribution is -0.122. The van der Waals surface area contributed by atoms with Crippen LogP contribution in [0.4, 0.5) is 11.4 Å². The predicted octanol–water partition coefficient (Wildman–Crippen LogP) is 4.37. The van der Waals surface area contributed by atoms with E-state index in [1.165, 1.54) is 0 Å². The van der Waals surface area contributed by atoms with Gasteiger partial charge in [-0.25, -0.2) is 0 Å². The highest BCUT2D eigenvalue weighted by atomic mass is 79.9. The molecule has 5 heteroatoms. The van der Waals surface area contributed by atoms with Gasteiger partial charge < -0.3 is 10.2 Å². The lowest BCUT2D eigenvalue weighted by Gasteiger charge is -2.18. The van der Waals surface area contributed by atoms with Crippen molar-refractivity contribution in [1.82, 2.24) is 0 Å². The fourth-order valence-corrected chi connectivity index (χ4v) is 3.28. The van der Waals surface area contributed by atoms with Gasteiger partial charge in [0.05, 0.1) is 5.92 Å². The van der Waals surface area contributed by atoms with Crippen molar-refractivity contribution in [2.45, 2.75) is 27.2 Å². The predicted molar refractivity (Wildman–Crippen MR) is 104 cm³/mol. The third-order valence-electron chi connectivity index (χ3n) is 4.60. The minimum Gasteiger partial charge on any atom is -0.326 e. The summed E-state index contributed by atoms with van der Waals surface area (Å²) in [5.41, 5.74) is 4.83. The molecule has 0 saturated carbocycles. The smallest absolute Gasteiger partial charge is 0.229 e. The number of carbonyl (C=O) groups excluding carboxylic acids is 2. The molecule has 1 aliphatic rings. The summed E-state index contributed by atoms with van der Waals surface area (Å²) in [7, 11) is 0. The molecule has 1 unspecified atom stereocenters. The summed E-state index contributed by atoms with van der Waals surface area (Å²) < 4.78 is 1.01. The van der Waals surface area contributed by atoms with Gasteiger partial charge in [-0.15, -0.1) is 0 Å². The highest BCUT2D eigenvalue weighted by Crippen LogP contribution is 2.29. The topological polar surface area (TPSA) is 49.4 Å². The van der Waals surface area contributed by atoms with Crippen LogP contribution < -0.4 is 10.2 Å². The van der Waals surface area contributed by atoms with Crippen LogP contribution in [0.1, 0.15) is 23.1 Å². The quantitative estimate of drug-likeness (QED) is 0.831. The van der Waals surface area contributed by atoms with Gasteiger partial charge in [-0.3, -0.25) is 9.59 Å². The molecule has 0 bridgehead atoms. The van der Waals surface area contributed by atoms with Gasteiger partial charge in [0, 0.05) is 28.8 Å². The van der Waals surface area contributed by atoms with Crippen LogP contribution in [-0.2, 0) is 9.59 Å². The summed E-state index contributed by atoms with van der Waals surface area (Å²) >= 11 is 3.47. The molecule has 2 amide bonds. The third kappa shape index (κ3) is 3.76.